The molecule has 0 saturated carbocycles. The quantitative estimate of drug-likeness (QED) is 0.695. The molecule has 0 unspecified atom stereocenters. The molecular weight excluding hydrogens is 265 g/mol. The van der Waals surface area contributed by atoms with E-state index >= 15 is 0 Å². The molecule has 0 aromatic heterocycles. The average Bonchev–Trinajstić information content (AvgIpc) is 2.29. The fraction of sp³-hybridized carbons (Fsp3) is 0.300. The first-order valence-electron chi connectivity index (χ1n) is 4.90. The average molecular weight is 277 g/mol. The number of aliphatic hydroxyl groups is 1. The van der Waals surface area contributed by atoms with Gasteiger partial charge in [-0.05, 0) is 24.6 Å². The minimum absolute atomic E-state index is 0.269. The molecule has 100 valence electrons. The van der Waals surface area contributed by atoms with Crippen molar-refractivity contribution in [2.75, 3.05) is 6.61 Å². The highest BCUT2D eigenvalue weighted by Crippen LogP contribution is 2.14. The van der Waals surface area contributed by atoms with Gasteiger partial charge in [-0.3, -0.25) is 4.79 Å². The van der Waals surface area contributed by atoms with Gasteiger partial charge in [0.2, 0.25) is 10.0 Å². The van der Waals surface area contributed by atoms with Crippen molar-refractivity contribution in [2.45, 2.75) is 17.9 Å². The molecule has 3 N–H and O–H groups in total. The maximum absolute atomic E-state index is 13.2. The lowest BCUT2D eigenvalue weighted by Crippen LogP contribution is -2.43. The lowest BCUT2D eigenvalue weighted by atomic mass is 10.2. The number of benzene rings is 1. The molecule has 0 heterocycles. The Balaban J connectivity index is 3.06. The lowest BCUT2D eigenvalue weighted by Gasteiger charge is -2.12. The summed E-state index contributed by atoms with van der Waals surface area (Å²) in [7, 11) is -4.19. The van der Waals surface area contributed by atoms with Crippen LogP contribution < -0.4 is 4.72 Å². The molecule has 0 spiro atoms. The SMILES string of the molecule is Cc1ccc(S(=O)(=O)N[C@H](CO)C(=O)O)cc1F. The minimum atomic E-state index is -4.19. The van der Waals surface area contributed by atoms with Crippen LogP contribution in [0.4, 0.5) is 4.39 Å². The number of carboxylic acid groups (broad SMARTS) is 1. The highest BCUT2D eigenvalue weighted by Gasteiger charge is 2.25. The summed E-state index contributed by atoms with van der Waals surface area (Å²) >= 11 is 0. The molecule has 0 amide bonds. The monoisotopic (exact) mass is 277 g/mol. The lowest BCUT2D eigenvalue weighted by molar-refractivity contribution is -0.139. The van der Waals surface area contributed by atoms with Crippen LogP contribution in [0.5, 0.6) is 0 Å². The molecule has 6 nitrogen and oxygen atoms in total. The van der Waals surface area contributed by atoms with Crippen molar-refractivity contribution < 1.29 is 27.8 Å². The van der Waals surface area contributed by atoms with E-state index in [-0.39, 0.29) is 5.56 Å². The van der Waals surface area contributed by atoms with Crippen molar-refractivity contribution in [3.8, 4) is 0 Å². The van der Waals surface area contributed by atoms with Crippen LogP contribution in [0, 0.1) is 12.7 Å². The fourth-order valence-corrected chi connectivity index (χ4v) is 2.35. The minimum Gasteiger partial charge on any atom is -0.480 e. The van der Waals surface area contributed by atoms with E-state index in [1.165, 1.54) is 13.0 Å². The summed E-state index contributed by atoms with van der Waals surface area (Å²) in [5.41, 5.74) is 0.269. The Morgan fingerprint density at radius 3 is 2.56 bits per heavy atom. The smallest absolute Gasteiger partial charge is 0.324 e. The molecule has 0 saturated heterocycles. The number of nitrogens with one attached hydrogen (secondary N) is 1. The summed E-state index contributed by atoms with van der Waals surface area (Å²) < 4.78 is 38.4. The molecule has 0 radical (unpaired) electrons. The van der Waals surface area contributed by atoms with E-state index in [0.717, 1.165) is 12.1 Å². The fourth-order valence-electron chi connectivity index (χ4n) is 1.16. The third-order valence-electron chi connectivity index (χ3n) is 2.23. The van der Waals surface area contributed by atoms with Gasteiger partial charge in [0.25, 0.3) is 0 Å². The molecule has 0 aliphatic heterocycles. The molecule has 0 aliphatic rings. The highest BCUT2D eigenvalue weighted by atomic mass is 32.2. The van der Waals surface area contributed by atoms with Crippen LogP contribution in [-0.2, 0) is 14.8 Å². The van der Waals surface area contributed by atoms with Gasteiger partial charge in [0.1, 0.15) is 11.9 Å². The van der Waals surface area contributed by atoms with E-state index in [0.29, 0.717) is 0 Å². The first-order valence-corrected chi connectivity index (χ1v) is 6.38. The second-order valence-electron chi connectivity index (χ2n) is 3.61. The van der Waals surface area contributed by atoms with Gasteiger partial charge < -0.3 is 10.2 Å². The highest BCUT2D eigenvalue weighted by molar-refractivity contribution is 7.89. The molecular formula is C10H12FNO5S. The molecule has 0 bridgehead atoms. The zero-order chi connectivity index (χ0) is 13.9. The number of aliphatic hydroxyl groups excluding tert-OH is 1. The third kappa shape index (κ3) is 3.25. The largest absolute Gasteiger partial charge is 0.480 e. The first-order chi connectivity index (χ1) is 8.27. The molecule has 0 fully saturated rings. The number of aliphatic carboxylic acids is 1. The maximum Gasteiger partial charge on any atom is 0.324 e. The number of hydrogen-bond donors (Lipinski definition) is 3. The Bertz CT molecular complexity index is 557. The molecule has 1 aromatic carbocycles. The Hall–Kier alpha value is -1.51. The topological polar surface area (TPSA) is 104 Å². The van der Waals surface area contributed by atoms with Crippen molar-refractivity contribution in [1.29, 1.82) is 0 Å². The summed E-state index contributed by atoms with van der Waals surface area (Å²) in [6.07, 6.45) is 0. The number of halogens is 1. The summed E-state index contributed by atoms with van der Waals surface area (Å²) in [6, 6.07) is 1.53. The third-order valence-corrected chi connectivity index (χ3v) is 3.70. The van der Waals surface area contributed by atoms with Crippen molar-refractivity contribution in [2.24, 2.45) is 0 Å². The van der Waals surface area contributed by atoms with Gasteiger partial charge in [0.15, 0.2) is 0 Å². The zero-order valence-corrected chi connectivity index (χ0v) is 10.2. The van der Waals surface area contributed by atoms with Crippen LogP contribution in [0.3, 0.4) is 0 Å². The Labute approximate surface area is 103 Å². The van der Waals surface area contributed by atoms with Crippen LogP contribution in [0.1, 0.15) is 5.56 Å². The van der Waals surface area contributed by atoms with E-state index in [2.05, 4.69) is 0 Å². The first kappa shape index (κ1) is 14.6. The Morgan fingerprint density at radius 2 is 2.11 bits per heavy atom. The summed E-state index contributed by atoms with van der Waals surface area (Å²) in [4.78, 5) is 10.2. The summed E-state index contributed by atoms with van der Waals surface area (Å²) in [5.74, 6) is -2.23. The van der Waals surface area contributed by atoms with Gasteiger partial charge >= 0.3 is 5.97 Å². The predicted octanol–water partition coefficient (Wildman–Crippen LogP) is -0.142. The number of hydrogen-bond acceptors (Lipinski definition) is 4. The molecule has 1 aromatic rings. The normalized spacial score (nSPS) is 13.3. The Kier molecular flexibility index (Phi) is 4.38. The van der Waals surface area contributed by atoms with E-state index < -0.39 is 39.4 Å². The number of carbonyl (C=O) groups is 1. The molecule has 18 heavy (non-hydrogen) atoms. The van der Waals surface area contributed by atoms with Gasteiger partial charge in [-0.25, -0.2) is 12.8 Å². The van der Waals surface area contributed by atoms with E-state index in [4.69, 9.17) is 10.2 Å². The second kappa shape index (κ2) is 5.42. The van der Waals surface area contributed by atoms with Crippen LogP contribution in [0.25, 0.3) is 0 Å². The molecule has 1 rings (SSSR count). The maximum atomic E-state index is 13.2. The number of rotatable bonds is 5. The Morgan fingerprint density at radius 1 is 1.50 bits per heavy atom. The van der Waals surface area contributed by atoms with E-state index in [9.17, 15) is 17.6 Å². The van der Waals surface area contributed by atoms with Crippen LogP contribution in [0.15, 0.2) is 23.1 Å². The predicted molar refractivity (Wildman–Crippen MR) is 60.0 cm³/mol. The van der Waals surface area contributed by atoms with Crippen molar-refractivity contribution in [3.63, 3.8) is 0 Å². The number of aryl methyl sites for hydroxylation is 1. The molecule has 8 heteroatoms. The van der Waals surface area contributed by atoms with E-state index in [1.807, 2.05) is 0 Å². The van der Waals surface area contributed by atoms with Crippen LogP contribution in [-0.4, -0.2) is 37.2 Å². The second-order valence-corrected chi connectivity index (χ2v) is 5.32. The van der Waals surface area contributed by atoms with Gasteiger partial charge in [0, 0.05) is 0 Å². The van der Waals surface area contributed by atoms with Crippen molar-refractivity contribution >= 4 is 16.0 Å². The van der Waals surface area contributed by atoms with Crippen LogP contribution in [0.2, 0.25) is 0 Å². The standard InChI is InChI=1S/C10H12FNO5S/c1-6-2-3-7(4-8(6)11)18(16,17)12-9(5-13)10(14)15/h2-4,9,12-13H,5H2,1H3,(H,14,15)/t9-/m1/s1. The molecule has 0 aliphatic carbocycles. The van der Waals surface area contributed by atoms with Crippen molar-refractivity contribution in [3.05, 3.63) is 29.6 Å². The zero-order valence-electron chi connectivity index (χ0n) is 9.42. The van der Waals surface area contributed by atoms with Gasteiger partial charge in [0.05, 0.1) is 11.5 Å². The van der Waals surface area contributed by atoms with Gasteiger partial charge in [-0.1, -0.05) is 6.07 Å². The van der Waals surface area contributed by atoms with E-state index in [1.54, 1.807) is 4.72 Å². The van der Waals surface area contributed by atoms with Gasteiger partial charge in [-0.2, -0.15) is 4.72 Å². The van der Waals surface area contributed by atoms with Gasteiger partial charge in [-0.15, -0.1) is 0 Å². The molecule has 1 atom stereocenters. The summed E-state index contributed by atoms with van der Waals surface area (Å²) in [5, 5.41) is 17.3. The summed E-state index contributed by atoms with van der Waals surface area (Å²) in [6.45, 7) is 0.565. The van der Waals surface area contributed by atoms with Crippen molar-refractivity contribution in [1.82, 2.24) is 4.72 Å². The van der Waals surface area contributed by atoms with Crippen LogP contribution >= 0.6 is 0 Å². The number of sulfonamides is 1. The number of carboxylic acids is 1.